The smallest absolute Gasteiger partial charge is 0.328 e. The quantitative estimate of drug-likeness (QED) is 0.267. The van der Waals surface area contributed by atoms with Gasteiger partial charge in [0.15, 0.2) is 5.96 Å². The van der Waals surface area contributed by atoms with E-state index in [-0.39, 0.29) is 48.3 Å². The number of nitrogens with zero attached hydrogens (tertiary/aromatic N) is 3. The largest absolute Gasteiger partial charge is 0.459 e. The maximum Gasteiger partial charge on any atom is 0.328 e. The zero-order chi connectivity index (χ0) is 19.9. The molecule has 0 spiro atoms. The number of guanidine groups is 1. The zero-order valence-corrected chi connectivity index (χ0v) is 19.9. The predicted octanol–water partition coefficient (Wildman–Crippen LogP) is 1.48. The van der Waals surface area contributed by atoms with E-state index in [1.54, 1.807) is 0 Å². The number of carbonyl (C=O) groups excluding carboxylic acids is 2. The lowest BCUT2D eigenvalue weighted by atomic mass is 9.95. The lowest BCUT2D eigenvalue weighted by molar-refractivity contribution is -0.152. The number of rotatable bonds is 4. The van der Waals surface area contributed by atoms with Crippen LogP contribution in [0.5, 0.6) is 0 Å². The van der Waals surface area contributed by atoms with Gasteiger partial charge in [0.05, 0.1) is 13.2 Å². The van der Waals surface area contributed by atoms with Gasteiger partial charge in [-0.1, -0.05) is 0 Å². The fraction of sp³-hybridized carbons (Fsp3) is 0.842. The van der Waals surface area contributed by atoms with Crippen LogP contribution in [0.1, 0.15) is 40.5 Å². The minimum Gasteiger partial charge on any atom is -0.459 e. The normalized spacial score (nSPS) is 19.1. The van der Waals surface area contributed by atoms with E-state index < -0.39 is 5.60 Å². The number of likely N-dealkylation sites (tertiary alicyclic amines) is 1. The Morgan fingerprint density at radius 2 is 1.71 bits per heavy atom. The molecule has 162 valence electrons. The van der Waals surface area contributed by atoms with E-state index >= 15 is 0 Å². The maximum absolute atomic E-state index is 12.6. The highest BCUT2D eigenvalue weighted by Crippen LogP contribution is 2.20. The molecule has 2 fully saturated rings. The predicted molar refractivity (Wildman–Crippen MR) is 119 cm³/mol. The van der Waals surface area contributed by atoms with Crippen molar-refractivity contribution in [3.63, 3.8) is 0 Å². The van der Waals surface area contributed by atoms with Crippen LogP contribution in [0, 0.1) is 5.92 Å². The second-order valence-electron chi connectivity index (χ2n) is 7.96. The first-order chi connectivity index (χ1) is 12.8. The van der Waals surface area contributed by atoms with E-state index in [1.807, 2.05) is 32.6 Å². The molecule has 8 nitrogen and oxygen atoms in total. The molecule has 0 aromatic carbocycles. The summed E-state index contributed by atoms with van der Waals surface area (Å²) < 4.78 is 10.6. The zero-order valence-electron chi connectivity index (χ0n) is 17.5. The Morgan fingerprint density at radius 3 is 2.25 bits per heavy atom. The summed E-state index contributed by atoms with van der Waals surface area (Å²) in [6.45, 7) is 12.4. The van der Waals surface area contributed by atoms with Crippen molar-refractivity contribution in [3.8, 4) is 0 Å². The van der Waals surface area contributed by atoms with Crippen molar-refractivity contribution in [2.24, 2.45) is 10.9 Å². The number of esters is 1. The van der Waals surface area contributed by atoms with Crippen LogP contribution in [0.15, 0.2) is 4.99 Å². The lowest BCUT2D eigenvalue weighted by Gasteiger charge is -2.36. The molecule has 0 bridgehead atoms. The number of amides is 1. The molecule has 2 heterocycles. The molecule has 2 rings (SSSR count). The molecular weight excluding hydrogens is 475 g/mol. The number of piperidine rings is 1. The Hall–Kier alpha value is -1.10. The highest BCUT2D eigenvalue weighted by molar-refractivity contribution is 14.0. The molecular formula is C19H35IN4O4. The Bertz CT molecular complexity index is 537. The molecule has 2 aliphatic heterocycles. The SMILES string of the molecule is CCNC(=NCC(=O)OC(C)(C)C)N1CCC(C(=O)N2CCOCC2)CC1.I. The fourth-order valence-electron chi connectivity index (χ4n) is 3.32. The van der Waals surface area contributed by atoms with E-state index in [2.05, 4.69) is 15.2 Å². The second-order valence-corrected chi connectivity index (χ2v) is 7.96. The topological polar surface area (TPSA) is 83.5 Å². The van der Waals surface area contributed by atoms with Gasteiger partial charge in [-0.2, -0.15) is 0 Å². The van der Waals surface area contributed by atoms with Gasteiger partial charge >= 0.3 is 5.97 Å². The number of carbonyl (C=O) groups is 2. The maximum atomic E-state index is 12.6. The summed E-state index contributed by atoms with van der Waals surface area (Å²) in [6.07, 6.45) is 1.60. The standard InChI is InChI=1S/C19H34N4O4.HI/c1-5-20-18(21-14-16(24)27-19(2,3)4)23-8-6-15(7-9-23)17(25)22-10-12-26-13-11-22;/h15H,5-14H2,1-4H3,(H,20,21);1H. The summed E-state index contributed by atoms with van der Waals surface area (Å²) in [4.78, 5) is 33.0. The number of nitrogens with one attached hydrogen (secondary N) is 1. The number of morpholine rings is 1. The van der Waals surface area contributed by atoms with Gasteiger partial charge in [0.1, 0.15) is 12.1 Å². The number of aliphatic imine (C=N–C) groups is 1. The molecule has 0 atom stereocenters. The Labute approximate surface area is 185 Å². The first-order valence-electron chi connectivity index (χ1n) is 9.92. The monoisotopic (exact) mass is 510 g/mol. The van der Waals surface area contributed by atoms with Crippen LogP contribution in [0.4, 0.5) is 0 Å². The molecule has 1 N–H and O–H groups in total. The van der Waals surface area contributed by atoms with Crippen LogP contribution in [0.25, 0.3) is 0 Å². The van der Waals surface area contributed by atoms with Crippen LogP contribution >= 0.6 is 24.0 Å². The van der Waals surface area contributed by atoms with E-state index in [0.29, 0.717) is 32.3 Å². The van der Waals surface area contributed by atoms with Crippen molar-refractivity contribution in [2.75, 3.05) is 52.5 Å². The molecule has 0 unspecified atom stereocenters. The fourth-order valence-corrected chi connectivity index (χ4v) is 3.32. The summed E-state index contributed by atoms with van der Waals surface area (Å²) in [7, 11) is 0. The van der Waals surface area contributed by atoms with Crippen molar-refractivity contribution in [1.82, 2.24) is 15.1 Å². The molecule has 2 aliphatic rings. The van der Waals surface area contributed by atoms with Gasteiger partial charge in [0.2, 0.25) is 5.91 Å². The summed E-state index contributed by atoms with van der Waals surface area (Å²) >= 11 is 0. The first kappa shape index (κ1) is 24.9. The Balaban J connectivity index is 0.00000392. The third kappa shape index (κ3) is 8.10. The van der Waals surface area contributed by atoms with Crippen molar-refractivity contribution >= 4 is 41.8 Å². The average molecular weight is 510 g/mol. The summed E-state index contributed by atoms with van der Waals surface area (Å²) in [5, 5.41) is 3.23. The lowest BCUT2D eigenvalue weighted by Crippen LogP contribution is -2.50. The van der Waals surface area contributed by atoms with Crippen LogP contribution in [0.2, 0.25) is 0 Å². The van der Waals surface area contributed by atoms with Crippen LogP contribution in [-0.4, -0.2) is 85.7 Å². The van der Waals surface area contributed by atoms with Gasteiger partial charge in [-0.25, -0.2) is 4.99 Å². The van der Waals surface area contributed by atoms with Crippen molar-refractivity contribution in [3.05, 3.63) is 0 Å². The molecule has 0 aromatic rings. The Kier molecular flexibility index (Phi) is 10.5. The Morgan fingerprint density at radius 1 is 1.11 bits per heavy atom. The molecule has 9 heteroatoms. The third-order valence-electron chi connectivity index (χ3n) is 4.58. The van der Waals surface area contributed by atoms with Crippen molar-refractivity contribution in [1.29, 1.82) is 0 Å². The van der Waals surface area contributed by atoms with Gasteiger partial charge in [0, 0.05) is 38.6 Å². The average Bonchev–Trinajstić information content (AvgIpc) is 2.64. The van der Waals surface area contributed by atoms with Gasteiger partial charge in [-0.05, 0) is 40.5 Å². The van der Waals surface area contributed by atoms with E-state index in [1.165, 1.54) is 0 Å². The van der Waals surface area contributed by atoms with E-state index in [0.717, 1.165) is 32.5 Å². The van der Waals surface area contributed by atoms with Gasteiger partial charge in [-0.15, -0.1) is 24.0 Å². The van der Waals surface area contributed by atoms with Gasteiger partial charge in [0.25, 0.3) is 0 Å². The minimum atomic E-state index is -0.511. The van der Waals surface area contributed by atoms with Gasteiger partial charge in [-0.3, -0.25) is 9.59 Å². The molecule has 0 saturated carbocycles. The number of ether oxygens (including phenoxy) is 2. The van der Waals surface area contributed by atoms with E-state index in [9.17, 15) is 9.59 Å². The molecule has 2 saturated heterocycles. The second kappa shape index (κ2) is 11.8. The van der Waals surface area contributed by atoms with Crippen LogP contribution in [0.3, 0.4) is 0 Å². The van der Waals surface area contributed by atoms with E-state index in [4.69, 9.17) is 9.47 Å². The first-order valence-corrected chi connectivity index (χ1v) is 9.92. The third-order valence-corrected chi connectivity index (χ3v) is 4.58. The summed E-state index contributed by atoms with van der Waals surface area (Å²) in [5.74, 6) is 0.678. The molecule has 0 aromatic heterocycles. The number of hydrogen-bond acceptors (Lipinski definition) is 5. The molecule has 1 amide bonds. The van der Waals surface area contributed by atoms with Gasteiger partial charge < -0.3 is 24.6 Å². The molecule has 0 radical (unpaired) electrons. The van der Waals surface area contributed by atoms with Crippen LogP contribution in [-0.2, 0) is 19.1 Å². The molecule has 28 heavy (non-hydrogen) atoms. The highest BCUT2D eigenvalue weighted by Gasteiger charge is 2.30. The minimum absolute atomic E-state index is 0. The van der Waals surface area contributed by atoms with Crippen molar-refractivity contribution in [2.45, 2.75) is 46.1 Å². The van der Waals surface area contributed by atoms with Crippen molar-refractivity contribution < 1.29 is 19.1 Å². The summed E-state index contributed by atoms with van der Waals surface area (Å²) in [5.41, 5.74) is -0.511. The number of halogens is 1. The number of hydrogen-bond donors (Lipinski definition) is 1. The summed E-state index contributed by atoms with van der Waals surface area (Å²) in [6, 6.07) is 0. The highest BCUT2D eigenvalue weighted by atomic mass is 127. The molecule has 0 aliphatic carbocycles. The van der Waals surface area contributed by atoms with Crippen LogP contribution < -0.4 is 5.32 Å².